The number of nitrogens with zero attached hydrogens (tertiary/aromatic N) is 4. The predicted octanol–water partition coefficient (Wildman–Crippen LogP) is 1.34. The molecule has 0 saturated carbocycles. The Balaban J connectivity index is 1.85. The number of aromatic nitrogens is 3. The van der Waals surface area contributed by atoms with E-state index >= 15 is 0 Å². The molecule has 0 spiro atoms. The van der Waals surface area contributed by atoms with Crippen LogP contribution in [0.4, 0.5) is 0 Å². The predicted molar refractivity (Wildman–Crippen MR) is 58.5 cm³/mol. The highest BCUT2D eigenvalue weighted by molar-refractivity contribution is 5.92. The molecular formula is C11H12N4O3. The lowest BCUT2D eigenvalue weighted by Crippen LogP contribution is -2.31. The van der Waals surface area contributed by atoms with Gasteiger partial charge in [0.05, 0.1) is 6.04 Å². The van der Waals surface area contributed by atoms with Crippen molar-refractivity contribution < 1.29 is 13.8 Å². The van der Waals surface area contributed by atoms with Gasteiger partial charge in [0.2, 0.25) is 5.89 Å². The molecule has 1 fully saturated rings. The van der Waals surface area contributed by atoms with E-state index in [0.29, 0.717) is 24.0 Å². The van der Waals surface area contributed by atoms with Crippen molar-refractivity contribution in [2.75, 3.05) is 6.54 Å². The molecule has 1 aliphatic heterocycles. The molecule has 3 heterocycles. The molecule has 0 aliphatic carbocycles. The molecule has 7 heteroatoms. The average Bonchev–Trinajstić information content (AvgIpc) is 3.09. The first-order valence-corrected chi connectivity index (χ1v) is 5.77. The third-order valence-corrected chi connectivity index (χ3v) is 3.01. The van der Waals surface area contributed by atoms with E-state index in [2.05, 4.69) is 15.3 Å². The Hall–Kier alpha value is -2.18. The number of aryl methyl sites for hydroxylation is 1. The van der Waals surface area contributed by atoms with E-state index in [1.54, 1.807) is 17.9 Å². The lowest BCUT2D eigenvalue weighted by molar-refractivity contribution is 0.0718. The topological polar surface area (TPSA) is 85.3 Å². The molecule has 2 aromatic heterocycles. The minimum absolute atomic E-state index is 0.133. The summed E-state index contributed by atoms with van der Waals surface area (Å²) in [5.74, 6) is 0.904. The third kappa shape index (κ3) is 1.77. The second-order valence-electron chi connectivity index (χ2n) is 4.21. The zero-order valence-electron chi connectivity index (χ0n) is 9.87. The molecule has 1 atom stereocenters. The van der Waals surface area contributed by atoms with Crippen molar-refractivity contribution in [2.24, 2.45) is 0 Å². The molecule has 0 bridgehead atoms. The normalized spacial score (nSPS) is 19.4. The molecule has 3 rings (SSSR count). The smallest absolute Gasteiger partial charge is 0.276 e. The van der Waals surface area contributed by atoms with Crippen LogP contribution in [0.1, 0.15) is 41.1 Å². The maximum absolute atomic E-state index is 12.2. The van der Waals surface area contributed by atoms with Crippen molar-refractivity contribution in [1.82, 2.24) is 20.2 Å². The first-order valence-electron chi connectivity index (χ1n) is 5.77. The van der Waals surface area contributed by atoms with Gasteiger partial charge in [0, 0.05) is 19.5 Å². The Labute approximate surface area is 103 Å². The molecule has 1 unspecified atom stereocenters. The zero-order valence-corrected chi connectivity index (χ0v) is 9.87. The highest BCUT2D eigenvalue weighted by Crippen LogP contribution is 2.31. The average molecular weight is 248 g/mol. The van der Waals surface area contributed by atoms with Crippen LogP contribution >= 0.6 is 0 Å². The van der Waals surface area contributed by atoms with Gasteiger partial charge in [-0.1, -0.05) is 10.3 Å². The maximum Gasteiger partial charge on any atom is 0.276 e. The number of carbonyl (C=O) groups excluding carboxylic acids is 1. The lowest BCUT2D eigenvalue weighted by atomic mass is 10.2. The van der Waals surface area contributed by atoms with Crippen LogP contribution in [0, 0.1) is 6.92 Å². The van der Waals surface area contributed by atoms with Crippen LogP contribution in [-0.2, 0) is 0 Å². The van der Waals surface area contributed by atoms with Crippen molar-refractivity contribution in [3.05, 3.63) is 29.7 Å². The molecule has 94 valence electrons. The van der Waals surface area contributed by atoms with Crippen LogP contribution in [0.2, 0.25) is 0 Å². The fourth-order valence-corrected chi connectivity index (χ4v) is 2.20. The SMILES string of the molecule is Cc1nc(C2CCCN2C(=O)c2ccon2)no1. The minimum Gasteiger partial charge on any atom is -0.364 e. The summed E-state index contributed by atoms with van der Waals surface area (Å²) in [6, 6.07) is 1.42. The molecule has 0 aromatic carbocycles. The Kier molecular flexibility index (Phi) is 2.58. The summed E-state index contributed by atoms with van der Waals surface area (Å²) in [5, 5.41) is 7.55. The van der Waals surface area contributed by atoms with Gasteiger partial charge < -0.3 is 13.9 Å². The van der Waals surface area contributed by atoms with Gasteiger partial charge in [-0.15, -0.1) is 0 Å². The van der Waals surface area contributed by atoms with E-state index in [0.717, 1.165) is 12.8 Å². The van der Waals surface area contributed by atoms with Gasteiger partial charge in [-0.2, -0.15) is 4.98 Å². The summed E-state index contributed by atoms with van der Waals surface area (Å²) >= 11 is 0. The second-order valence-corrected chi connectivity index (χ2v) is 4.21. The monoisotopic (exact) mass is 248 g/mol. The number of amides is 1. The van der Waals surface area contributed by atoms with Crippen LogP contribution in [0.15, 0.2) is 21.4 Å². The van der Waals surface area contributed by atoms with Crippen LogP contribution in [0.3, 0.4) is 0 Å². The Morgan fingerprint density at radius 1 is 1.50 bits per heavy atom. The van der Waals surface area contributed by atoms with Crippen LogP contribution < -0.4 is 0 Å². The number of likely N-dealkylation sites (tertiary alicyclic amines) is 1. The fourth-order valence-electron chi connectivity index (χ4n) is 2.20. The number of rotatable bonds is 2. The molecule has 0 N–H and O–H groups in total. The Morgan fingerprint density at radius 2 is 2.39 bits per heavy atom. The molecule has 2 aromatic rings. The summed E-state index contributed by atoms with van der Waals surface area (Å²) in [6.45, 7) is 2.40. The molecule has 7 nitrogen and oxygen atoms in total. The van der Waals surface area contributed by atoms with Crippen LogP contribution in [0.5, 0.6) is 0 Å². The highest BCUT2D eigenvalue weighted by Gasteiger charge is 2.34. The first kappa shape index (κ1) is 10.9. The largest absolute Gasteiger partial charge is 0.364 e. The zero-order chi connectivity index (χ0) is 12.5. The van der Waals surface area contributed by atoms with E-state index < -0.39 is 0 Å². The Morgan fingerprint density at radius 3 is 3.06 bits per heavy atom. The van der Waals surface area contributed by atoms with Gasteiger partial charge in [0.25, 0.3) is 5.91 Å². The summed E-state index contributed by atoms with van der Waals surface area (Å²) < 4.78 is 9.66. The van der Waals surface area contributed by atoms with Crippen LogP contribution in [-0.4, -0.2) is 32.6 Å². The van der Waals surface area contributed by atoms with Gasteiger partial charge >= 0.3 is 0 Å². The summed E-state index contributed by atoms with van der Waals surface area (Å²) in [7, 11) is 0. The van der Waals surface area contributed by atoms with E-state index in [9.17, 15) is 4.79 Å². The van der Waals surface area contributed by atoms with E-state index in [4.69, 9.17) is 9.05 Å². The van der Waals surface area contributed by atoms with Crippen molar-refractivity contribution in [1.29, 1.82) is 0 Å². The van der Waals surface area contributed by atoms with Crippen molar-refractivity contribution >= 4 is 5.91 Å². The van der Waals surface area contributed by atoms with Crippen molar-refractivity contribution in [2.45, 2.75) is 25.8 Å². The van der Waals surface area contributed by atoms with E-state index in [1.807, 2.05) is 0 Å². The van der Waals surface area contributed by atoms with Crippen molar-refractivity contribution in [3.63, 3.8) is 0 Å². The lowest BCUT2D eigenvalue weighted by Gasteiger charge is -2.20. The maximum atomic E-state index is 12.2. The standard InChI is InChI=1S/C11H12N4O3/c1-7-12-10(14-18-7)9-3-2-5-15(9)11(16)8-4-6-17-13-8/h4,6,9H,2-3,5H2,1H3. The van der Waals surface area contributed by atoms with E-state index in [-0.39, 0.29) is 11.9 Å². The van der Waals surface area contributed by atoms with Gasteiger partial charge in [0.1, 0.15) is 6.26 Å². The third-order valence-electron chi connectivity index (χ3n) is 3.01. The number of hydrogen-bond acceptors (Lipinski definition) is 6. The molecule has 1 amide bonds. The van der Waals surface area contributed by atoms with Crippen LogP contribution in [0.25, 0.3) is 0 Å². The van der Waals surface area contributed by atoms with E-state index in [1.165, 1.54) is 6.26 Å². The van der Waals surface area contributed by atoms with Gasteiger partial charge in [-0.05, 0) is 12.8 Å². The molecule has 0 radical (unpaired) electrons. The second kappa shape index (κ2) is 4.25. The van der Waals surface area contributed by atoms with Gasteiger partial charge in [-0.25, -0.2) is 0 Å². The molecule has 1 saturated heterocycles. The quantitative estimate of drug-likeness (QED) is 0.797. The fraction of sp³-hybridized carbons (Fsp3) is 0.455. The number of hydrogen-bond donors (Lipinski definition) is 0. The Bertz CT molecular complexity index is 548. The molecule has 1 aliphatic rings. The molecule has 18 heavy (non-hydrogen) atoms. The summed E-state index contributed by atoms with van der Waals surface area (Å²) in [5.41, 5.74) is 0.308. The highest BCUT2D eigenvalue weighted by atomic mass is 16.5. The van der Waals surface area contributed by atoms with Gasteiger partial charge in [0.15, 0.2) is 11.5 Å². The summed E-state index contributed by atoms with van der Waals surface area (Å²) in [4.78, 5) is 18.1. The van der Waals surface area contributed by atoms with Gasteiger partial charge in [-0.3, -0.25) is 4.79 Å². The minimum atomic E-state index is -0.159. The summed E-state index contributed by atoms with van der Waals surface area (Å²) in [6.07, 6.45) is 3.14. The number of carbonyl (C=O) groups is 1. The first-order chi connectivity index (χ1) is 8.75. The van der Waals surface area contributed by atoms with Crippen molar-refractivity contribution in [3.8, 4) is 0 Å². The molecular weight excluding hydrogens is 236 g/mol.